The van der Waals surface area contributed by atoms with Gasteiger partial charge in [-0.15, -0.1) is 10.2 Å². The average molecular weight is 470 g/mol. The van der Waals surface area contributed by atoms with Crippen LogP contribution in [0.25, 0.3) is 17.0 Å². The molecule has 0 radical (unpaired) electrons. The van der Waals surface area contributed by atoms with Crippen molar-refractivity contribution in [1.29, 1.82) is 0 Å². The topological polar surface area (TPSA) is 123 Å². The molecule has 1 fully saturated rings. The fraction of sp³-hybridized carbons (Fsp3) is 0.333. The van der Waals surface area contributed by atoms with Crippen molar-refractivity contribution >= 4 is 11.4 Å². The molecule has 11 heteroatoms. The number of aromatic amines is 1. The van der Waals surface area contributed by atoms with E-state index >= 15 is 0 Å². The Bertz CT molecular complexity index is 1550. The lowest BCUT2D eigenvalue weighted by molar-refractivity contribution is 0.0646. The fourth-order valence-electron chi connectivity index (χ4n) is 4.95. The highest BCUT2D eigenvalue weighted by Crippen LogP contribution is 2.35. The predicted octanol–water partition coefficient (Wildman–Crippen LogP) is 3.13. The van der Waals surface area contributed by atoms with Crippen molar-refractivity contribution in [3.05, 3.63) is 71.7 Å². The number of fused-ring (bicyclic) bond motifs is 2. The number of carbonyl (C=O) groups is 1. The van der Waals surface area contributed by atoms with E-state index in [0.29, 0.717) is 24.6 Å². The van der Waals surface area contributed by atoms with Gasteiger partial charge in [-0.3, -0.25) is 9.48 Å². The summed E-state index contributed by atoms with van der Waals surface area (Å²) < 4.78 is 9.61. The van der Waals surface area contributed by atoms with Crippen LogP contribution in [0.15, 0.2) is 47.5 Å². The first-order chi connectivity index (χ1) is 17.2. The van der Waals surface area contributed by atoms with Gasteiger partial charge in [-0.2, -0.15) is 10.2 Å². The third-order valence-electron chi connectivity index (χ3n) is 7.10. The molecule has 2 aliphatic rings. The molecule has 0 saturated heterocycles. The summed E-state index contributed by atoms with van der Waals surface area (Å²) in [6.45, 7) is 2.51. The number of imidazole rings is 1. The maximum absolute atomic E-state index is 13.6. The number of aryl methyl sites for hydroxylation is 1. The van der Waals surface area contributed by atoms with E-state index < -0.39 is 6.04 Å². The zero-order chi connectivity index (χ0) is 23.5. The molecule has 6 heterocycles. The first-order valence-electron chi connectivity index (χ1n) is 11.8. The molecular weight excluding hydrogens is 446 g/mol. The van der Waals surface area contributed by atoms with Crippen molar-refractivity contribution < 1.29 is 9.21 Å². The normalized spacial score (nSPS) is 18.1. The molecule has 1 amide bonds. The second-order valence-electron chi connectivity index (χ2n) is 9.21. The Morgan fingerprint density at radius 1 is 1.26 bits per heavy atom. The molecule has 1 aliphatic carbocycles. The van der Waals surface area contributed by atoms with Crippen LogP contribution in [0.3, 0.4) is 0 Å². The van der Waals surface area contributed by atoms with Crippen molar-refractivity contribution in [2.45, 2.75) is 44.7 Å². The summed E-state index contributed by atoms with van der Waals surface area (Å²) in [4.78, 5) is 23.1. The van der Waals surface area contributed by atoms with E-state index in [2.05, 4.69) is 25.3 Å². The van der Waals surface area contributed by atoms with Crippen LogP contribution in [0.2, 0.25) is 0 Å². The lowest BCUT2D eigenvalue weighted by Crippen LogP contribution is -2.41. The van der Waals surface area contributed by atoms with Gasteiger partial charge in [0.15, 0.2) is 0 Å². The standard InChI is InChI=1S/C24H23N9O2/c1-14-4-3-8-32-19(14)10-18(30-32)21-20-17(25-13-26-20)7-9-31(21)24(34)23-29-28-22(35-23)15-11-27-33(12-15)16-5-2-6-16/h3-4,8,10-13,16,21H,2,5-7,9H2,1H3,(H,25,26)/t21-/m1/s1. The number of hydrogen-bond donors (Lipinski definition) is 1. The molecule has 0 bridgehead atoms. The zero-order valence-electron chi connectivity index (χ0n) is 19.1. The van der Waals surface area contributed by atoms with Crippen LogP contribution in [0, 0.1) is 6.92 Å². The Balaban J connectivity index is 1.23. The Hall–Kier alpha value is -4.28. The first kappa shape index (κ1) is 20.1. The van der Waals surface area contributed by atoms with Crippen LogP contribution >= 0.6 is 0 Å². The molecule has 0 spiro atoms. The fourth-order valence-corrected chi connectivity index (χ4v) is 4.95. The van der Waals surface area contributed by atoms with Gasteiger partial charge in [-0.05, 0) is 43.9 Å². The van der Waals surface area contributed by atoms with E-state index in [9.17, 15) is 4.79 Å². The minimum atomic E-state index is -0.464. The minimum Gasteiger partial charge on any atom is -0.412 e. The number of amides is 1. The maximum Gasteiger partial charge on any atom is 0.312 e. The van der Waals surface area contributed by atoms with E-state index in [-0.39, 0.29) is 17.7 Å². The van der Waals surface area contributed by atoms with Gasteiger partial charge < -0.3 is 14.3 Å². The molecule has 5 aromatic heterocycles. The molecule has 7 rings (SSSR count). The van der Waals surface area contributed by atoms with Crippen molar-refractivity contribution in [2.24, 2.45) is 0 Å². The molecule has 0 unspecified atom stereocenters. The molecule has 11 nitrogen and oxygen atoms in total. The number of H-pyrrole nitrogens is 1. The van der Waals surface area contributed by atoms with Gasteiger partial charge >= 0.3 is 11.8 Å². The summed E-state index contributed by atoms with van der Waals surface area (Å²) >= 11 is 0. The largest absolute Gasteiger partial charge is 0.412 e. The predicted molar refractivity (Wildman–Crippen MR) is 124 cm³/mol. The molecule has 176 valence electrons. The molecule has 1 N–H and O–H groups in total. The number of aromatic nitrogens is 8. The second-order valence-corrected chi connectivity index (χ2v) is 9.21. The van der Waals surface area contributed by atoms with E-state index in [4.69, 9.17) is 9.52 Å². The summed E-state index contributed by atoms with van der Waals surface area (Å²) in [5.41, 5.74) is 5.33. The monoisotopic (exact) mass is 469 g/mol. The summed E-state index contributed by atoms with van der Waals surface area (Å²) in [5.74, 6) is -0.112. The van der Waals surface area contributed by atoms with Gasteiger partial charge in [0.05, 0.1) is 41.0 Å². The summed E-state index contributed by atoms with van der Waals surface area (Å²) in [5, 5.41) is 17.4. The van der Waals surface area contributed by atoms with Crippen LogP contribution in [0.5, 0.6) is 0 Å². The highest BCUT2D eigenvalue weighted by Gasteiger charge is 2.38. The zero-order valence-corrected chi connectivity index (χ0v) is 19.1. The van der Waals surface area contributed by atoms with Crippen LogP contribution in [0.1, 0.15) is 64.7 Å². The highest BCUT2D eigenvalue weighted by molar-refractivity contribution is 5.90. The van der Waals surface area contributed by atoms with Crippen molar-refractivity contribution in [3.63, 3.8) is 0 Å². The summed E-state index contributed by atoms with van der Waals surface area (Å²) in [6.07, 6.45) is 11.3. The van der Waals surface area contributed by atoms with Crippen molar-refractivity contribution in [3.8, 4) is 11.5 Å². The highest BCUT2D eigenvalue weighted by atomic mass is 16.4. The van der Waals surface area contributed by atoms with Crippen LogP contribution in [-0.4, -0.2) is 56.9 Å². The third-order valence-corrected chi connectivity index (χ3v) is 7.10. The number of nitrogens with zero attached hydrogens (tertiary/aromatic N) is 8. The van der Waals surface area contributed by atoms with E-state index in [1.54, 1.807) is 17.4 Å². The van der Waals surface area contributed by atoms with E-state index in [0.717, 1.165) is 41.0 Å². The van der Waals surface area contributed by atoms with Crippen LogP contribution in [-0.2, 0) is 6.42 Å². The van der Waals surface area contributed by atoms with E-state index in [1.165, 1.54) is 6.42 Å². The second kappa shape index (κ2) is 7.62. The quantitative estimate of drug-likeness (QED) is 0.429. The average Bonchev–Trinajstić information content (AvgIpc) is 3.62. The number of carbonyl (C=O) groups excluding carboxylic acids is 1. The number of pyridine rings is 1. The Kier molecular flexibility index (Phi) is 4.38. The number of hydrogen-bond acceptors (Lipinski definition) is 7. The number of nitrogens with one attached hydrogen (secondary N) is 1. The number of rotatable bonds is 4. The molecule has 1 aliphatic heterocycles. The van der Waals surface area contributed by atoms with Gasteiger partial charge in [0.2, 0.25) is 0 Å². The molecule has 1 saturated carbocycles. The Morgan fingerprint density at radius 2 is 2.17 bits per heavy atom. The summed E-state index contributed by atoms with van der Waals surface area (Å²) in [6, 6.07) is 5.97. The first-order valence-corrected chi connectivity index (χ1v) is 11.8. The van der Waals surface area contributed by atoms with Gasteiger partial charge in [-0.25, -0.2) is 9.50 Å². The SMILES string of the molecule is Cc1cccn2nc([C@@H]3c4nc[nH]c4CCN3C(=O)c3nnc(-c4cnn(C5CCC5)c4)o3)cc12. The van der Waals surface area contributed by atoms with E-state index in [1.807, 2.05) is 46.7 Å². The third kappa shape index (κ3) is 3.18. The minimum absolute atomic E-state index is 0.0553. The molecule has 0 aromatic carbocycles. The lowest BCUT2D eigenvalue weighted by atomic mass is 9.93. The smallest absolute Gasteiger partial charge is 0.312 e. The van der Waals surface area contributed by atoms with Gasteiger partial charge in [0, 0.05) is 31.1 Å². The lowest BCUT2D eigenvalue weighted by Gasteiger charge is -2.32. The van der Waals surface area contributed by atoms with Gasteiger partial charge in [0.1, 0.15) is 6.04 Å². The van der Waals surface area contributed by atoms with Crippen LogP contribution < -0.4 is 0 Å². The van der Waals surface area contributed by atoms with Crippen molar-refractivity contribution in [1.82, 2.24) is 44.5 Å². The van der Waals surface area contributed by atoms with Gasteiger partial charge in [0.25, 0.3) is 5.89 Å². The Labute approximate surface area is 199 Å². The van der Waals surface area contributed by atoms with Gasteiger partial charge in [-0.1, -0.05) is 6.07 Å². The van der Waals surface area contributed by atoms with Crippen LogP contribution in [0.4, 0.5) is 0 Å². The summed E-state index contributed by atoms with van der Waals surface area (Å²) in [7, 11) is 0. The molecule has 1 atom stereocenters. The van der Waals surface area contributed by atoms with Crippen molar-refractivity contribution in [2.75, 3.05) is 6.54 Å². The maximum atomic E-state index is 13.6. The Morgan fingerprint density at radius 3 is 3.00 bits per heavy atom. The molecule has 5 aromatic rings. The molecular formula is C24H23N9O2. The molecule has 35 heavy (non-hydrogen) atoms.